The van der Waals surface area contributed by atoms with Crippen LogP contribution in [0.4, 0.5) is 5.69 Å². The molecule has 0 spiro atoms. The molecule has 2 N–H and O–H groups in total. The van der Waals surface area contributed by atoms with Crippen LogP contribution in [0.3, 0.4) is 0 Å². The Kier molecular flexibility index (Phi) is 8.38. The maximum atomic E-state index is 12.4. The third kappa shape index (κ3) is 6.77. The molecule has 0 unspecified atom stereocenters. The largest absolute Gasteiger partial charge is 0.493 e. The van der Waals surface area contributed by atoms with E-state index in [1.807, 2.05) is 32.0 Å². The van der Waals surface area contributed by atoms with Gasteiger partial charge in [-0.05, 0) is 74.9 Å². The van der Waals surface area contributed by atoms with Crippen molar-refractivity contribution in [2.45, 2.75) is 20.8 Å². The minimum Gasteiger partial charge on any atom is -0.493 e. The van der Waals surface area contributed by atoms with Crippen LogP contribution in [0.1, 0.15) is 34.0 Å². The second kappa shape index (κ2) is 11.4. The number of benzene rings is 3. The molecule has 0 saturated carbocycles. The van der Waals surface area contributed by atoms with Crippen molar-refractivity contribution < 1.29 is 23.9 Å². The minimum absolute atomic E-state index is 0.239. The van der Waals surface area contributed by atoms with Gasteiger partial charge in [-0.2, -0.15) is 5.10 Å². The van der Waals surface area contributed by atoms with Gasteiger partial charge >= 0.3 is 17.8 Å². The van der Waals surface area contributed by atoms with E-state index in [1.165, 1.54) is 7.11 Å². The number of hydrogen-bond donors (Lipinski definition) is 2. The first-order valence-electron chi connectivity index (χ1n) is 10.6. The normalized spacial score (nSPS) is 10.9. The number of amides is 2. The number of carbonyl (C=O) groups is 3. The van der Waals surface area contributed by atoms with Gasteiger partial charge in [0.05, 0.1) is 18.4 Å². The first-order valence-corrected chi connectivity index (χ1v) is 11.4. The molecule has 0 fully saturated rings. The van der Waals surface area contributed by atoms with Crippen LogP contribution < -0.4 is 20.2 Å². The third-order valence-corrected chi connectivity index (χ3v) is 5.53. The number of methoxy groups -OCH3 is 1. The number of hydrazone groups is 1. The van der Waals surface area contributed by atoms with Gasteiger partial charge in [0.2, 0.25) is 0 Å². The van der Waals surface area contributed by atoms with E-state index in [-0.39, 0.29) is 5.75 Å². The zero-order valence-corrected chi connectivity index (χ0v) is 21.2. The molecule has 0 radical (unpaired) electrons. The van der Waals surface area contributed by atoms with Crippen molar-refractivity contribution in [2.24, 2.45) is 5.10 Å². The fourth-order valence-electron chi connectivity index (χ4n) is 3.02. The van der Waals surface area contributed by atoms with Crippen LogP contribution in [0.5, 0.6) is 11.5 Å². The molecular formula is C26H24BrN3O5. The first-order chi connectivity index (χ1) is 16.7. The van der Waals surface area contributed by atoms with Crippen LogP contribution in [0, 0.1) is 13.8 Å². The highest BCUT2D eigenvalue weighted by atomic mass is 79.9. The summed E-state index contributed by atoms with van der Waals surface area (Å²) in [6, 6.07) is 17.2. The molecule has 0 bridgehead atoms. The molecule has 8 nitrogen and oxygen atoms in total. The lowest BCUT2D eigenvalue weighted by molar-refractivity contribution is -0.136. The number of aryl methyl sites for hydroxylation is 2. The summed E-state index contributed by atoms with van der Waals surface area (Å²) in [5.41, 5.74) is 6.03. The summed E-state index contributed by atoms with van der Waals surface area (Å²) in [6.45, 7) is 5.40. The molecule has 9 heteroatoms. The zero-order chi connectivity index (χ0) is 25.5. The Hall–Kier alpha value is -3.98. The van der Waals surface area contributed by atoms with E-state index < -0.39 is 17.8 Å². The van der Waals surface area contributed by atoms with Crippen LogP contribution >= 0.6 is 15.9 Å². The number of nitrogens with zero attached hydrogens (tertiary/aromatic N) is 1. The summed E-state index contributed by atoms with van der Waals surface area (Å²) in [7, 11) is 1.45. The Labute approximate surface area is 211 Å². The lowest BCUT2D eigenvalue weighted by Gasteiger charge is -2.11. The van der Waals surface area contributed by atoms with E-state index in [4.69, 9.17) is 9.47 Å². The molecule has 35 heavy (non-hydrogen) atoms. The molecule has 3 aromatic carbocycles. The number of esters is 1. The van der Waals surface area contributed by atoms with Gasteiger partial charge in [0.1, 0.15) is 0 Å². The second-order valence-corrected chi connectivity index (χ2v) is 8.59. The van der Waals surface area contributed by atoms with Crippen LogP contribution in [-0.2, 0) is 9.59 Å². The van der Waals surface area contributed by atoms with Gasteiger partial charge in [-0.15, -0.1) is 0 Å². The van der Waals surface area contributed by atoms with Gasteiger partial charge in [0.25, 0.3) is 0 Å². The summed E-state index contributed by atoms with van der Waals surface area (Å²) in [5, 5.41) is 6.55. The molecular weight excluding hydrogens is 514 g/mol. The number of hydrogen-bond acceptors (Lipinski definition) is 6. The van der Waals surface area contributed by atoms with Gasteiger partial charge in [0.15, 0.2) is 11.5 Å². The van der Waals surface area contributed by atoms with Crippen LogP contribution in [-0.4, -0.2) is 30.6 Å². The predicted octanol–water partition coefficient (Wildman–Crippen LogP) is 4.77. The molecule has 0 heterocycles. The Morgan fingerprint density at radius 1 is 0.857 bits per heavy atom. The lowest BCUT2D eigenvalue weighted by Crippen LogP contribution is -2.33. The topological polar surface area (TPSA) is 106 Å². The number of halogens is 1. The quantitative estimate of drug-likeness (QED) is 0.155. The first kappa shape index (κ1) is 25.6. The highest BCUT2D eigenvalue weighted by Gasteiger charge is 2.16. The van der Waals surface area contributed by atoms with E-state index >= 15 is 0 Å². The van der Waals surface area contributed by atoms with Crippen LogP contribution in [0.15, 0.2) is 70.2 Å². The van der Waals surface area contributed by atoms with Gasteiger partial charge < -0.3 is 14.8 Å². The Morgan fingerprint density at radius 3 is 2.20 bits per heavy atom. The standard InChI is InChI=1S/C26H24BrN3O5/c1-15-5-7-18(8-6-15)26(33)35-22-12-9-19(14-23(22)34-4)17(3)29-30-25(32)24(31)28-21-11-10-20(27)13-16(21)2/h5-14H,1-4H3,(H,28,31)(H,30,32). The SMILES string of the molecule is COc1cc(C(C)=NNC(=O)C(=O)Nc2ccc(Br)cc2C)ccc1OC(=O)c1ccc(C)cc1. The third-order valence-electron chi connectivity index (χ3n) is 5.04. The summed E-state index contributed by atoms with van der Waals surface area (Å²) in [5.74, 6) is -1.72. The Morgan fingerprint density at radius 2 is 1.54 bits per heavy atom. The molecule has 0 aliphatic carbocycles. The van der Waals surface area contributed by atoms with Crippen molar-refractivity contribution in [3.05, 3.63) is 87.4 Å². The smallest absolute Gasteiger partial charge is 0.343 e. The number of ether oxygens (including phenoxy) is 2. The lowest BCUT2D eigenvalue weighted by atomic mass is 10.1. The molecule has 0 aliphatic rings. The maximum Gasteiger partial charge on any atom is 0.343 e. The predicted molar refractivity (Wildman–Crippen MR) is 137 cm³/mol. The molecule has 0 aromatic heterocycles. The van der Waals surface area contributed by atoms with E-state index in [0.29, 0.717) is 28.3 Å². The molecule has 2 amide bonds. The fourth-order valence-corrected chi connectivity index (χ4v) is 3.50. The van der Waals surface area contributed by atoms with E-state index in [0.717, 1.165) is 15.6 Å². The van der Waals surface area contributed by atoms with Crippen molar-refractivity contribution in [3.8, 4) is 11.5 Å². The Bertz CT molecular complexity index is 1300. The monoisotopic (exact) mass is 537 g/mol. The number of nitrogens with one attached hydrogen (secondary N) is 2. The van der Waals surface area contributed by atoms with Crippen LogP contribution in [0.2, 0.25) is 0 Å². The molecule has 180 valence electrons. The van der Waals surface area contributed by atoms with E-state index in [1.54, 1.807) is 49.4 Å². The fraction of sp³-hybridized carbons (Fsp3) is 0.154. The highest BCUT2D eigenvalue weighted by molar-refractivity contribution is 9.10. The number of carbonyl (C=O) groups excluding carboxylic acids is 3. The molecule has 0 saturated heterocycles. The molecule has 3 aromatic rings. The second-order valence-electron chi connectivity index (χ2n) is 7.67. The van der Waals surface area contributed by atoms with Crippen LogP contribution in [0.25, 0.3) is 0 Å². The van der Waals surface area contributed by atoms with Crippen molar-refractivity contribution in [3.63, 3.8) is 0 Å². The molecule has 0 atom stereocenters. The highest BCUT2D eigenvalue weighted by Crippen LogP contribution is 2.29. The molecule has 3 rings (SSSR count). The zero-order valence-electron chi connectivity index (χ0n) is 19.6. The van der Waals surface area contributed by atoms with Gasteiger partial charge in [-0.25, -0.2) is 10.2 Å². The average molecular weight is 538 g/mol. The maximum absolute atomic E-state index is 12.4. The van der Waals surface area contributed by atoms with E-state index in [9.17, 15) is 14.4 Å². The van der Waals surface area contributed by atoms with Gasteiger partial charge in [0, 0.05) is 15.7 Å². The van der Waals surface area contributed by atoms with Crippen molar-refractivity contribution in [1.29, 1.82) is 0 Å². The van der Waals surface area contributed by atoms with Crippen molar-refractivity contribution in [1.82, 2.24) is 5.43 Å². The summed E-state index contributed by atoms with van der Waals surface area (Å²) >= 11 is 3.35. The summed E-state index contributed by atoms with van der Waals surface area (Å²) < 4.78 is 11.7. The number of anilines is 1. The summed E-state index contributed by atoms with van der Waals surface area (Å²) in [6.07, 6.45) is 0. The van der Waals surface area contributed by atoms with Crippen molar-refractivity contribution >= 4 is 45.1 Å². The summed E-state index contributed by atoms with van der Waals surface area (Å²) in [4.78, 5) is 36.8. The van der Waals surface area contributed by atoms with E-state index in [2.05, 4.69) is 31.8 Å². The van der Waals surface area contributed by atoms with Gasteiger partial charge in [-0.1, -0.05) is 33.6 Å². The van der Waals surface area contributed by atoms with Gasteiger partial charge in [-0.3, -0.25) is 9.59 Å². The number of rotatable bonds is 6. The van der Waals surface area contributed by atoms with Crippen molar-refractivity contribution in [2.75, 3.05) is 12.4 Å². The minimum atomic E-state index is -0.915. The average Bonchev–Trinajstić information content (AvgIpc) is 2.84. The Balaban J connectivity index is 1.66. The molecule has 0 aliphatic heterocycles.